The first-order valence-corrected chi connectivity index (χ1v) is 9.54. The van der Waals surface area contributed by atoms with Gasteiger partial charge in [0.15, 0.2) is 4.67 Å². The molecule has 0 fully saturated rings. The van der Waals surface area contributed by atoms with Gasteiger partial charge in [-0.05, 0) is 28.8 Å². The van der Waals surface area contributed by atoms with E-state index in [1.807, 2.05) is 13.8 Å². The maximum absolute atomic E-state index is 12.9. The molecule has 0 saturated heterocycles. The first-order chi connectivity index (χ1) is 9.92. The Morgan fingerprint density at radius 1 is 1.43 bits per heavy atom. The fourth-order valence-electron chi connectivity index (χ4n) is 2.14. The van der Waals surface area contributed by atoms with E-state index in [0.717, 1.165) is 12.8 Å². The third kappa shape index (κ3) is 4.45. The molecule has 21 heavy (non-hydrogen) atoms. The van der Waals surface area contributed by atoms with Gasteiger partial charge in [-0.25, -0.2) is 8.42 Å². The summed E-state index contributed by atoms with van der Waals surface area (Å²) < 4.78 is 37.8. The van der Waals surface area contributed by atoms with Crippen LogP contribution in [0, 0.1) is 0 Å². The lowest BCUT2D eigenvalue weighted by molar-refractivity contribution is 0.163. The molecule has 0 saturated carbocycles. The summed E-state index contributed by atoms with van der Waals surface area (Å²) in [5.41, 5.74) is 0. The number of ether oxygens (including phenoxy) is 1. The Morgan fingerprint density at radius 2 is 2.05 bits per heavy atom. The van der Waals surface area contributed by atoms with Gasteiger partial charge in [0.25, 0.3) is 0 Å². The van der Waals surface area contributed by atoms with E-state index in [9.17, 15) is 8.42 Å². The second-order valence-electron chi connectivity index (χ2n) is 4.56. The number of hydrogen-bond acceptors (Lipinski definition) is 4. The van der Waals surface area contributed by atoms with Crippen LogP contribution >= 0.6 is 27.5 Å². The summed E-state index contributed by atoms with van der Waals surface area (Å²) in [6, 6.07) is 1.39. The van der Waals surface area contributed by atoms with Gasteiger partial charge in [0.2, 0.25) is 10.0 Å². The van der Waals surface area contributed by atoms with Crippen LogP contribution in [-0.2, 0) is 20.6 Å². The SMILES string of the molecule is CCC(CC)N(CCOC)S(=O)(=O)c1cc(CCl)oc1Br. The van der Waals surface area contributed by atoms with Gasteiger partial charge in [-0.3, -0.25) is 0 Å². The number of furan rings is 1. The van der Waals surface area contributed by atoms with E-state index in [1.165, 1.54) is 10.4 Å². The molecule has 0 aliphatic rings. The number of sulfonamides is 1. The Kier molecular flexibility index (Phi) is 7.70. The Balaban J connectivity index is 3.21. The van der Waals surface area contributed by atoms with Crippen LogP contribution in [0.15, 0.2) is 20.0 Å². The van der Waals surface area contributed by atoms with Crippen molar-refractivity contribution in [1.29, 1.82) is 0 Å². The molecule has 0 amide bonds. The predicted octanol–water partition coefficient (Wildman–Crippen LogP) is 3.61. The van der Waals surface area contributed by atoms with E-state index < -0.39 is 10.0 Å². The van der Waals surface area contributed by atoms with Gasteiger partial charge >= 0.3 is 0 Å². The molecule has 0 unspecified atom stereocenters. The Labute approximate surface area is 139 Å². The van der Waals surface area contributed by atoms with E-state index in [2.05, 4.69) is 15.9 Å². The molecular formula is C13H21BrClNO4S. The number of halogens is 2. The van der Waals surface area contributed by atoms with Crippen molar-refractivity contribution in [3.05, 3.63) is 16.5 Å². The Hall–Kier alpha value is -0.0800. The van der Waals surface area contributed by atoms with Crippen LogP contribution in [0.25, 0.3) is 0 Å². The molecule has 0 aromatic carbocycles. The normalized spacial score (nSPS) is 12.5. The van der Waals surface area contributed by atoms with Gasteiger partial charge in [-0.1, -0.05) is 13.8 Å². The van der Waals surface area contributed by atoms with Crippen LogP contribution in [0.4, 0.5) is 0 Å². The average Bonchev–Trinajstić information content (AvgIpc) is 2.85. The average molecular weight is 403 g/mol. The highest BCUT2D eigenvalue weighted by Crippen LogP contribution is 2.31. The first kappa shape index (κ1) is 19.0. The molecule has 122 valence electrons. The molecule has 0 atom stereocenters. The van der Waals surface area contributed by atoms with Crippen molar-refractivity contribution in [3.8, 4) is 0 Å². The molecule has 8 heteroatoms. The van der Waals surface area contributed by atoms with Gasteiger partial charge < -0.3 is 9.15 Å². The second kappa shape index (κ2) is 8.53. The number of nitrogens with zero attached hydrogens (tertiary/aromatic N) is 1. The summed E-state index contributed by atoms with van der Waals surface area (Å²) in [7, 11) is -2.11. The molecule has 0 spiro atoms. The van der Waals surface area contributed by atoms with Crippen molar-refractivity contribution >= 4 is 37.6 Å². The van der Waals surface area contributed by atoms with Gasteiger partial charge in [0.05, 0.1) is 12.5 Å². The number of hydrogen-bond donors (Lipinski definition) is 0. The van der Waals surface area contributed by atoms with Crippen molar-refractivity contribution in [2.45, 2.75) is 43.5 Å². The maximum atomic E-state index is 12.9. The van der Waals surface area contributed by atoms with Crippen LogP contribution in [-0.4, -0.2) is 39.0 Å². The van der Waals surface area contributed by atoms with E-state index >= 15 is 0 Å². The zero-order valence-corrected chi connectivity index (χ0v) is 15.6. The van der Waals surface area contributed by atoms with Crippen molar-refractivity contribution in [3.63, 3.8) is 0 Å². The van der Waals surface area contributed by atoms with E-state index in [0.29, 0.717) is 18.9 Å². The fourth-order valence-corrected chi connectivity index (χ4v) is 4.99. The molecule has 0 bridgehead atoms. The first-order valence-electron chi connectivity index (χ1n) is 6.77. The molecule has 1 heterocycles. The highest BCUT2D eigenvalue weighted by molar-refractivity contribution is 9.10. The van der Waals surface area contributed by atoms with Crippen LogP contribution in [0.3, 0.4) is 0 Å². The lowest BCUT2D eigenvalue weighted by Crippen LogP contribution is -2.41. The van der Waals surface area contributed by atoms with Crippen LogP contribution in [0.1, 0.15) is 32.4 Å². The Bertz CT molecular complexity index is 542. The smallest absolute Gasteiger partial charge is 0.247 e. The molecule has 1 aromatic rings. The van der Waals surface area contributed by atoms with E-state index in [4.69, 9.17) is 20.8 Å². The van der Waals surface area contributed by atoms with Gasteiger partial charge in [-0.2, -0.15) is 4.31 Å². The van der Waals surface area contributed by atoms with Crippen LogP contribution < -0.4 is 0 Å². The fraction of sp³-hybridized carbons (Fsp3) is 0.692. The third-order valence-corrected chi connectivity index (χ3v) is 6.36. The van der Waals surface area contributed by atoms with E-state index in [1.54, 1.807) is 7.11 Å². The zero-order valence-electron chi connectivity index (χ0n) is 12.4. The summed E-state index contributed by atoms with van der Waals surface area (Å²) >= 11 is 8.86. The minimum atomic E-state index is -3.66. The quantitative estimate of drug-likeness (QED) is 0.592. The van der Waals surface area contributed by atoms with Crippen molar-refractivity contribution < 1.29 is 17.6 Å². The molecule has 0 aliphatic carbocycles. The second-order valence-corrected chi connectivity index (χ2v) is 7.41. The summed E-state index contributed by atoms with van der Waals surface area (Å²) in [6.45, 7) is 4.59. The van der Waals surface area contributed by atoms with Gasteiger partial charge in [0, 0.05) is 25.8 Å². The molecule has 0 N–H and O–H groups in total. The summed E-state index contributed by atoms with van der Waals surface area (Å²) in [5.74, 6) is 0.537. The van der Waals surface area contributed by atoms with Gasteiger partial charge in [-0.15, -0.1) is 11.6 Å². The third-order valence-electron chi connectivity index (χ3n) is 3.29. The molecule has 1 aromatic heterocycles. The topological polar surface area (TPSA) is 59.8 Å². The molecule has 5 nitrogen and oxygen atoms in total. The molecule has 0 radical (unpaired) electrons. The standard InChI is InChI=1S/C13H21BrClNO4S/c1-4-10(5-2)16(6-7-19-3)21(17,18)12-8-11(9-15)20-13(12)14/h8,10H,4-7,9H2,1-3H3. The molecule has 1 rings (SSSR count). The highest BCUT2D eigenvalue weighted by Gasteiger charge is 2.33. The minimum Gasteiger partial charge on any atom is -0.452 e. The largest absolute Gasteiger partial charge is 0.452 e. The number of alkyl halides is 1. The molecular weight excluding hydrogens is 382 g/mol. The number of methoxy groups -OCH3 is 1. The highest BCUT2D eigenvalue weighted by atomic mass is 79.9. The minimum absolute atomic E-state index is 0.0774. The van der Waals surface area contributed by atoms with Crippen molar-refractivity contribution in [1.82, 2.24) is 4.31 Å². The number of rotatable bonds is 9. The molecule has 0 aliphatic heterocycles. The lowest BCUT2D eigenvalue weighted by atomic mass is 10.2. The summed E-state index contributed by atoms with van der Waals surface area (Å²) in [5, 5.41) is 0. The van der Waals surface area contributed by atoms with Crippen LogP contribution in [0.2, 0.25) is 0 Å². The zero-order chi connectivity index (χ0) is 16.0. The summed E-state index contributed by atoms with van der Waals surface area (Å²) in [4.78, 5) is 0.112. The van der Waals surface area contributed by atoms with Crippen LogP contribution in [0.5, 0.6) is 0 Å². The van der Waals surface area contributed by atoms with Crippen molar-refractivity contribution in [2.75, 3.05) is 20.3 Å². The lowest BCUT2D eigenvalue weighted by Gasteiger charge is -2.29. The predicted molar refractivity (Wildman–Crippen MR) is 86.1 cm³/mol. The summed E-state index contributed by atoms with van der Waals surface area (Å²) in [6.07, 6.45) is 1.47. The monoisotopic (exact) mass is 401 g/mol. The maximum Gasteiger partial charge on any atom is 0.247 e. The van der Waals surface area contributed by atoms with Gasteiger partial charge in [0.1, 0.15) is 10.7 Å². The van der Waals surface area contributed by atoms with E-state index in [-0.39, 0.29) is 21.5 Å². The Morgan fingerprint density at radius 3 is 2.48 bits per heavy atom. The van der Waals surface area contributed by atoms with Crippen molar-refractivity contribution in [2.24, 2.45) is 0 Å².